The lowest BCUT2D eigenvalue weighted by Gasteiger charge is -2.15. The molecule has 29 heavy (non-hydrogen) atoms. The quantitative estimate of drug-likeness (QED) is 0.677. The van der Waals surface area contributed by atoms with E-state index in [9.17, 15) is 9.59 Å². The first-order valence-corrected chi connectivity index (χ1v) is 10.1. The van der Waals surface area contributed by atoms with Gasteiger partial charge in [0.2, 0.25) is 5.91 Å². The van der Waals surface area contributed by atoms with Crippen LogP contribution in [-0.4, -0.2) is 23.5 Å². The molecule has 2 amide bonds. The molecule has 0 radical (unpaired) electrons. The van der Waals surface area contributed by atoms with Crippen LogP contribution in [0.15, 0.2) is 65.0 Å². The molecule has 1 atom stereocenters. The number of ether oxygens (including phenoxy) is 1. The monoisotopic (exact) mass is 409 g/mol. The Hall–Kier alpha value is -3.19. The maximum atomic E-state index is 12.6. The molecular weight excluding hydrogens is 386 g/mol. The zero-order valence-electron chi connectivity index (χ0n) is 16.6. The summed E-state index contributed by atoms with van der Waals surface area (Å²) in [7, 11) is 1.55. The molecule has 0 saturated carbocycles. The zero-order chi connectivity index (χ0) is 20.8. The molecule has 1 heterocycles. The van der Waals surface area contributed by atoms with Gasteiger partial charge in [0.25, 0.3) is 5.91 Å². The second-order valence-electron chi connectivity index (χ2n) is 6.59. The second kappa shape index (κ2) is 9.34. The maximum absolute atomic E-state index is 12.6. The number of thiazole rings is 1. The fourth-order valence-electron chi connectivity index (χ4n) is 2.86. The Morgan fingerprint density at radius 3 is 2.66 bits per heavy atom. The molecule has 6 nitrogen and oxygen atoms in total. The number of aryl methyl sites for hydroxylation is 1. The van der Waals surface area contributed by atoms with Crippen LogP contribution in [0, 0.1) is 6.92 Å². The van der Waals surface area contributed by atoms with Crippen molar-refractivity contribution in [1.29, 1.82) is 0 Å². The Balaban J connectivity index is 1.77. The van der Waals surface area contributed by atoms with Crippen LogP contribution in [0.2, 0.25) is 0 Å². The molecule has 3 rings (SSSR count). The molecule has 2 aromatic carbocycles. The Labute approximate surface area is 173 Å². The predicted molar refractivity (Wildman–Crippen MR) is 113 cm³/mol. The third-order valence-corrected chi connectivity index (χ3v) is 5.47. The smallest absolute Gasteiger partial charge is 0.279 e. The number of hydrogen-bond donors (Lipinski definition) is 1. The van der Waals surface area contributed by atoms with E-state index in [4.69, 9.17) is 4.74 Å². The summed E-state index contributed by atoms with van der Waals surface area (Å²) in [6.07, 6.45) is 0. The van der Waals surface area contributed by atoms with Gasteiger partial charge in [-0.25, -0.2) is 0 Å². The van der Waals surface area contributed by atoms with E-state index >= 15 is 0 Å². The van der Waals surface area contributed by atoms with Crippen LogP contribution in [-0.2, 0) is 11.3 Å². The largest absolute Gasteiger partial charge is 0.497 e. The van der Waals surface area contributed by atoms with E-state index in [0.29, 0.717) is 16.1 Å². The number of nitrogens with one attached hydrogen (secondary N) is 1. The van der Waals surface area contributed by atoms with Crippen molar-refractivity contribution >= 4 is 23.2 Å². The van der Waals surface area contributed by atoms with Gasteiger partial charge in [-0.3, -0.25) is 9.59 Å². The number of nitrogens with zero attached hydrogens (tertiary/aromatic N) is 2. The molecule has 0 aliphatic carbocycles. The summed E-state index contributed by atoms with van der Waals surface area (Å²) >= 11 is 1.33. The summed E-state index contributed by atoms with van der Waals surface area (Å²) in [5.41, 5.74) is 2.34. The van der Waals surface area contributed by atoms with Gasteiger partial charge in [0.05, 0.1) is 13.2 Å². The van der Waals surface area contributed by atoms with Crippen molar-refractivity contribution < 1.29 is 14.3 Å². The Morgan fingerprint density at radius 2 is 1.93 bits per heavy atom. The van der Waals surface area contributed by atoms with Gasteiger partial charge in [-0.05, 0) is 37.6 Å². The highest BCUT2D eigenvalue weighted by Crippen LogP contribution is 2.14. The SMILES string of the molecule is COc1cccc(C(=O)N=c2scc(C)n2CC(=O)N[C@H](C)c2ccccc2)c1. The van der Waals surface area contributed by atoms with E-state index in [2.05, 4.69) is 10.3 Å². The minimum atomic E-state index is -0.377. The van der Waals surface area contributed by atoms with Crippen molar-refractivity contribution in [3.05, 3.63) is 81.6 Å². The summed E-state index contributed by atoms with van der Waals surface area (Å²) < 4.78 is 6.91. The van der Waals surface area contributed by atoms with Crippen LogP contribution in [0.1, 0.15) is 34.6 Å². The standard InChI is InChI=1S/C22H23N3O3S/c1-15-14-29-22(24-21(27)18-10-7-11-19(12-18)28-3)25(15)13-20(26)23-16(2)17-8-5-4-6-9-17/h4-12,14,16H,13H2,1-3H3,(H,23,26)/t16-/m1/s1. The highest BCUT2D eigenvalue weighted by atomic mass is 32.1. The lowest BCUT2D eigenvalue weighted by Crippen LogP contribution is -2.33. The lowest BCUT2D eigenvalue weighted by atomic mass is 10.1. The minimum Gasteiger partial charge on any atom is -0.497 e. The van der Waals surface area contributed by atoms with E-state index < -0.39 is 0 Å². The first-order chi connectivity index (χ1) is 14.0. The van der Waals surface area contributed by atoms with Crippen LogP contribution in [0.25, 0.3) is 0 Å². The maximum Gasteiger partial charge on any atom is 0.279 e. The molecule has 0 bridgehead atoms. The van der Waals surface area contributed by atoms with Gasteiger partial charge in [0.15, 0.2) is 4.80 Å². The molecule has 0 saturated heterocycles. The van der Waals surface area contributed by atoms with Gasteiger partial charge >= 0.3 is 0 Å². The highest BCUT2D eigenvalue weighted by Gasteiger charge is 2.13. The fraction of sp³-hybridized carbons (Fsp3) is 0.227. The fourth-order valence-corrected chi connectivity index (χ4v) is 3.73. The molecule has 1 aromatic heterocycles. The average Bonchev–Trinajstić information content (AvgIpc) is 3.07. The average molecular weight is 410 g/mol. The molecule has 0 spiro atoms. The van der Waals surface area contributed by atoms with E-state index in [1.807, 2.05) is 49.6 Å². The molecule has 0 aliphatic heterocycles. The zero-order valence-corrected chi connectivity index (χ0v) is 17.4. The van der Waals surface area contributed by atoms with Crippen molar-refractivity contribution in [1.82, 2.24) is 9.88 Å². The Morgan fingerprint density at radius 1 is 1.17 bits per heavy atom. The highest BCUT2D eigenvalue weighted by molar-refractivity contribution is 7.07. The third-order valence-electron chi connectivity index (χ3n) is 4.48. The van der Waals surface area contributed by atoms with Gasteiger partial charge in [0.1, 0.15) is 12.3 Å². The predicted octanol–water partition coefficient (Wildman–Crippen LogP) is 3.49. The van der Waals surface area contributed by atoms with Gasteiger partial charge in [-0.15, -0.1) is 11.3 Å². The minimum absolute atomic E-state index is 0.0940. The summed E-state index contributed by atoms with van der Waals surface area (Å²) in [4.78, 5) is 29.8. The molecule has 0 aliphatic rings. The second-order valence-corrected chi connectivity index (χ2v) is 7.43. The molecule has 3 aromatic rings. The van der Waals surface area contributed by atoms with Crippen LogP contribution in [0.3, 0.4) is 0 Å². The molecular formula is C22H23N3O3S. The molecule has 150 valence electrons. The van der Waals surface area contributed by atoms with Crippen LogP contribution in [0.5, 0.6) is 5.75 Å². The molecule has 1 N–H and O–H groups in total. The van der Waals surface area contributed by atoms with Crippen LogP contribution < -0.4 is 14.9 Å². The van der Waals surface area contributed by atoms with Crippen molar-refractivity contribution in [2.24, 2.45) is 4.99 Å². The van der Waals surface area contributed by atoms with Gasteiger partial charge in [-0.2, -0.15) is 4.99 Å². The molecule has 7 heteroatoms. The van der Waals surface area contributed by atoms with Crippen LogP contribution >= 0.6 is 11.3 Å². The van der Waals surface area contributed by atoms with Crippen molar-refractivity contribution in [3.63, 3.8) is 0 Å². The summed E-state index contributed by atoms with van der Waals surface area (Å²) in [6, 6.07) is 16.5. The molecule has 0 fully saturated rings. The number of aromatic nitrogens is 1. The van der Waals surface area contributed by atoms with E-state index in [0.717, 1.165) is 11.3 Å². The third kappa shape index (κ3) is 5.20. The lowest BCUT2D eigenvalue weighted by molar-refractivity contribution is -0.122. The van der Waals surface area contributed by atoms with E-state index in [1.54, 1.807) is 35.9 Å². The first-order valence-electron chi connectivity index (χ1n) is 9.20. The van der Waals surface area contributed by atoms with Gasteiger partial charge in [-0.1, -0.05) is 36.4 Å². The van der Waals surface area contributed by atoms with Crippen molar-refractivity contribution in [2.45, 2.75) is 26.4 Å². The van der Waals surface area contributed by atoms with Crippen molar-refractivity contribution in [2.75, 3.05) is 7.11 Å². The first kappa shape index (κ1) is 20.5. The number of methoxy groups -OCH3 is 1. The summed E-state index contributed by atoms with van der Waals surface area (Å²) in [5, 5.41) is 4.87. The van der Waals surface area contributed by atoms with Gasteiger partial charge in [0, 0.05) is 16.6 Å². The number of benzene rings is 2. The summed E-state index contributed by atoms with van der Waals surface area (Å²) in [6.45, 7) is 3.92. The topological polar surface area (TPSA) is 72.7 Å². The Kier molecular flexibility index (Phi) is 6.61. The summed E-state index contributed by atoms with van der Waals surface area (Å²) in [5.74, 6) is 0.0752. The van der Waals surface area contributed by atoms with Crippen molar-refractivity contribution in [3.8, 4) is 5.75 Å². The number of rotatable bonds is 6. The normalized spacial score (nSPS) is 12.4. The number of carbonyl (C=O) groups excluding carboxylic acids is 2. The number of amides is 2. The molecule has 0 unspecified atom stereocenters. The number of carbonyl (C=O) groups is 2. The van der Waals surface area contributed by atoms with Crippen LogP contribution in [0.4, 0.5) is 0 Å². The Bertz CT molecular complexity index is 1070. The number of hydrogen-bond acceptors (Lipinski definition) is 4. The van der Waals surface area contributed by atoms with Gasteiger partial charge < -0.3 is 14.6 Å². The van der Waals surface area contributed by atoms with E-state index in [1.165, 1.54) is 11.3 Å². The van der Waals surface area contributed by atoms with E-state index in [-0.39, 0.29) is 24.4 Å².